The number of hydrogen-bond acceptors (Lipinski definition) is 6. The first kappa shape index (κ1) is 25.4. The predicted octanol–water partition coefficient (Wildman–Crippen LogP) is 5.60. The number of thiazole rings is 1. The zero-order chi connectivity index (χ0) is 26.1. The number of alkyl halides is 4. The van der Waals surface area contributed by atoms with E-state index in [2.05, 4.69) is 16.3 Å². The number of amides is 1. The topological polar surface area (TPSA) is 72.6 Å². The Kier molecular flexibility index (Phi) is 7.27. The third-order valence-electron chi connectivity index (χ3n) is 6.57. The van der Waals surface area contributed by atoms with Crippen molar-refractivity contribution in [2.45, 2.75) is 57.6 Å². The number of halogens is 4. The Morgan fingerprint density at radius 2 is 2.00 bits per heavy atom. The fourth-order valence-electron chi connectivity index (χ4n) is 4.56. The molecule has 1 radical (unpaired) electrons. The van der Waals surface area contributed by atoms with E-state index in [-0.39, 0.29) is 12.0 Å². The number of piperidine rings is 1. The summed E-state index contributed by atoms with van der Waals surface area (Å²) in [5, 5.41) is 10.7. The molecule has 1 amide bonds. The van der Waals surface area contributed by atoms with Crippen molar-refractivity contribution in [1.82, 2.24) is 19.7 Å². The number of likely N-dealkylation sites (tertiary alicyclic amines) is 1. The molecule has 1 aromatic carbocycles. The van der Waals surface area contributed by atoms with Crippen molar-refractivity contribution in [2.75, 3.05) is 13.1 Å². The lowest BCUT2D eigenvalue weighted by molar-refractivity contribution is -0.133. The van der Waals surface area contributed by atoms with Crippen LogP contribution in [0.5, 0.6) is 0 Å². The Hall–Kier alpha value is -3.28. The van der Waals surface area contributed by atoms with Gasteiger partial charge in [-0.1, -0.05) is 28.9 Å². The minimum Gasteiger partial charge on any atom is -0.387 e. The average molecular weight is 535 g/mol. The van der Waals surface area contributed by atoms with Crippen molar-refractivity contribution in [2.24, 2.45) is 5.16 Å². The first-order valence-electron chi connectivity index (χ1n) is 11.9. The Morgan fingerprint density at radius 3 is 2.70 bits per heavy atom. The maximum Gasteiger partial charge on any atom is 0.282 e. The summed E-state index contributed by atoms with van der Waals surface area (Å²) in [6, 6.07) is 9.73. The van der Waals surface area contributed by atoms with Gasteiger partial charge in [0, 0.05) is 36.4 Å². The van der Waals surface area contributed by atoms with Gasteiger partial charge in [0.1, 0.15) is 23.6 Å². The van der Waals surface area contributed by atoms with Gasteiger partial charge >= 0.3 is 0 Å². The molecule has 3 aromatic rings. The summed E-state index contributed by atoms with van der Waals surface area (Å²) in [4.78, 5) is 24.7. The molecule has 2 aliphatic heterocycles. The molecule has 4 heterocycles. The van der Waals surface area contributed by atoms with E-state index in [9.17, 15) is 22.4 Å². The summed E-state index contributed by atoms with van der Waals surface area (Å²) in [5.41, 5.74) is 2.20. The molecule has 195 valence electrons. The Balaban J connectivity index is 1.16. The largest absolute Gasteiger partial charge is 0.387 e. The zero-order valence-electron chi connectivity index (χ0n) is 19.9. The van der Waals surface area contributed by atoms with Crippen LogP contribution in [0.25, 0.3) is 0 Å². The summed E-state index contributed by atoms with van der Waals surface area (Å²) < 4.78 is 52.9. The number of nitrogens with zero attached hydrogens (tertiary/aromatic N) is 5. The van der Waals surface area contributed by atoms with Crippen LogP contribution < -0.4 is 0 Å². The van der Waals surface area contributed by atoms with Gasteiger partial charge in [0.05, 0.1) is 10.7 Å². The summed E-state index contributed by atoms with van der Waals surface area (Å²) in [7, 11) is 0. The lowest BCUT2D eigenvalue weighted by atomic mass is 9.97. The van der Waals surface area contributed by atoms with Crippen molar-refractivity contribution < 1.29 is 27.2 Å². The number of hydrogen-bond donors (Lipinski definition) is 0. The second-order valence-electron chi connectivity index (χ2n) is 9.14. The first-order valence-corrected chi connectivity index (χ1v) is 12.7. The fourth-order valence-corrected chi connectivity index (χ4v) is 5.56. The summed E-state index contributed by atoms with van der Waals surface area (Å²) in [5.74, 6) is -0.279. The molecular formula is C25H24F4N5O2S. The summed E-state index contributed by atoms with van der Waals surface area (Å²) in [6.07, 6.45) is -4.25. The molecule has 2 aromatic heterocycles. The Bertz CT molecular complexity index is 1300. The van der Waals surface area contributed by atoms with Crippen LogP contribution in [-0.4, -0.2) is 44.4 Å². The van der Waals surface area contributed by atoms with Gasteiger partial charge in [-0.25, -0.2) is 22.5 Å². The van der Waals surface area contributed by atoms with E-state index in [1.165, 1.54) is 11.3 Å². The highest BCUT2D eigenvalue weighted by molar-refractivity contribution is 7.10. The van der Waals surface area contributed by atoms with Gasteiger partial charge in [-0.3, -0.25) is 9.48 Å². The number of carbonyl (C=O) groups is 1. The zero-order valence-corrected chi connectivity index (χ0v) is 20.7. The molecule has 1 atom stereocenters. The second kappa shape index (κ2) is 10.6. The average Bonchev–Trinajstić information content (AvgIpc) is 3.63. The molecule has 0 N–H and O–H groups in total. The minimum atomic E-state index is -3.00. The highest BCUT2D eigenvalue weighted by atomic mass is 32.1. The predicted molar refractivity (Wildman–Crippen MR) is 128 cm³/mol. The van der Waals surface area contributed by atoms with Crippen LogP contribution in [0.1, 0.15) is 77.4 Å². The number of oxime groups is 1. The highest BCUT2D eigenvalue weighted by Gasteiger charge is 2.30. The molecule has 2 aliphatic rings. The van der Waals surface area contributed by atoms with E-state index < -0.39 is 36.7 Å². The molecule has 7 nitrogen and oxygen atoms in total. The Labute approximate surface area is 214 Å². The molecule has 12 heteroatoms. The lowest BCUT2D eigenvalue weighted by Crippen LogP contribution is -2.40. The summed E-state index contributed by atoms with van der Waals surface area (Å²) >= 11 is 1.54. The highest BCUT2D eigenvalue weighted by Crippen LogP contribution is 2.34. The van der Waals surface area contributed by atoms with Gasteiger partial charge in [0.15, 0.2) is 6.10 Å². The van der Waals surface area contributed by atoms with Gasteiger partial charge in [-0.05, 0) is 31.9 Å². The van der Waals surface area contributed by atoms with E-state index in [0.29, 0.717) is 43.1 Å². The van der Waals surface area contributed by atoms with Crippen molar-refractivity contribution >= 4 is 23.0 Å². The number of carbonyl (C=O) groups excluding carboxylic acids is 1. The maximum atomic E-state index is 13.2. The SMILES string of the molecule is Cc1cc[c]c(C2CC(c3csc(C4CCN(C(=O)Cn5nc(C(F)F)cc5C(F)F)CC4)n3)=NO2)c1. The first-order chi connectivity index (χ1) is 17.8. The number of aryl methyl sites for hydroxylation is 1. The number of benzene rings is 1. The van der Waals surface area contributed by atoms with Crippen LogP contribution >= 0.6 is 11.3 Å². The molecule has 0 spiro atoms. The third kappa shape index (κ3) is 5.53. The van der Waals surface area contributed by atoms with Crippen LogP contribution in [0, 0.1) is 13.0 Å². The molecule has 0 aliphatic carbocycles. The van der Waals surface area contributed by atoms with Crippen molar-refractivity contribution in [3.05, 3.63) is 68.9 Å². The van der Waals surface area contributed by atoms with Crippen LogP contribution in [0.15, 0.2) is 34.8 Å². The van der Waals surface area contributed by atoms with E-state index in [4.69, 9.17) is 9.82 Å². The van der Waals surface area contributed by atoms with Crippen molar-refractivity contribution in [1.29, 1.82) is 0 Å². The quantitative estimate of drug-likeness (QED) is 0.370. The molecule has 1 saturated heterocycles. The van der Waals surface area contributed by atoms with Gasteiger partial charge in [-0.2, -0.15) is 5.10 Å². The second-order valence-corrected chi connectivity index (χ2v) is 10.0. The van der Waals surface area contributed by atoms with E-state index in [1.807, 2.05) is 30.5 Å². The monoisotopic (exact) mass is 534 g/mol. The molecule has 37 heavy (non-hydrogen) atoms. The molecule has 1 fully saturated rings. The molecular weight excluding hydrogens is 510 g/mol. The fraction of sp³-hybridized carbons (Fsp3) is 0.440. The number of aromatic nitrogens is 3. The van der Waals surface area contributed by atoms with Crippen LogP contribution in [0.3, 0.4) is 0 Å². The lowest BCUT2D eigenvalue weighted by Gasteiger charge is -2.31. The van der Waals surface area contributed by atoms with E-state index in [0.717, 1.165) is 27.5 Å². The van der Waals surface area contributed by atoms with Gasteiger partial charge < -0.3 is 9.74 Å². The Morgan fingerprint density at radius 1 is 1.22 bits per heavy atom. The molecule has 1 unspecified atom stereocenters. The standard InChI is InChI=1S/C25H24F4N5O2S/c1-14-3-2-4-16(9-14)21-11-17(32-36-21)19-13-37-25(30-19)15-5-7-33(8-6-15)22(35)12-34-20(24(28)29)10-18(31-34)23(26)27/h2-3,9-10,13,15,21,23-24H,5-8,11-12H2,1H3. The number of rotatable bonds is 7. The molecule has 5 rings (SSSR count). The smallest absolute Gasteiger partial charge is 0.282 e. The maximum absolute atomic E-state index is 13.2. The van der Waals surface area contributed by atoms with Crippen LogP contribution in [0.4, 0.5) is 17.6 Å². The van der Waals surface area contributed by atoms with Crippen molar-refractivity contribution in [3.63, 3.8) is 0 Å². The molecule has 0 bridgehead atoms. The van der Waals surface area contributed by atoms with Crippen LogP contribution in [0.2, 0.25) is 0 Å². The summed E-state index contributed by atoms with van der Waals surface area (Å²) in [6.45, 7) is 2.35. The molecule has 0 saturated carbocycles. The normalized spacial score (nSPS) is 18.5. The van der Waals surface area contributed by atoms with Gasteiger partial charge in [0.25, 0.3) is 12.9 Å². The van der Waals surface area contributed by atoms with E-state index >= 15 is 0 Å². The van der Waals surface area contributed by atoms with Crippen molar-refractivity contribution in [3.8, 4) is 0 Å². The minimum absolute atomic E-state index is 0.151. The van der Waals surface area contributed by atoms with E-state index in [1.54, 1.807) is 4.90 Å². The van der Waals surface area contributed by atoms with Crippen LogP contribution in [-0.2, 0) is 16.2 Å². The van der Waals surface area contributed by atoms with Gasteiger partial charge in [-0.15, -0.1) is 11.3 Å². The third-order valence-corrected chi connectivity index (χ3v) is 7.58. The van der Waals surface area contributed by atoms with Gasteiger partial charge in [0.2, 0.25) is 5.91 Å².